The average Bonchev–Trinajstić information content (AvgIpc) is 2.25. The van der Waals surface area contributed by atoms with E-state index in [1.165, 1.54) is 12.1 Å². The maximum atomic E-state index is 13.1. The highest BCUT2D eigenvalue weighted by Gasteiger charge is 2.50. The number of carbonyl (C=O) groups is 1. The Morgan fingerprint density at radius 1 is 1.30 bits per heavy atom. The van der Waals surface area contributed by atoms with Crippen LogP contribution in [0, 0.1) is 0 Å². The molecule has 0 amide bonds. The highest BCUT2D eigenvalue weighted by molar-refractivity contribution is 5.84. The van der Waals surface area contributed by atoms with Crippen LogP contribution in [0.2, 0.25) is 0 Å². The molecule has 20 heavy (non-hydrogen) atoms. The molecule has 1 aromatic carbocycles. The lowest BCUT2D eigenvalue weighted by atomic mass is 9.63. The molecule has 2 rings (SSSR count). The SMILES string of the molecule is CN(C)c1ccc(C(F)(F)F)c(C2(C(=O)O)CCC2)c1. The Labute approximate surface area is 115 Å². The van der Waals surface area contributed by atoms with E-state index in [9.17, 15) is 23.1 Å². The minimum absolute atomic E-state index is 0.116. The molecule has 0 bridgehead atoms. The van der Waals surface area contributed by atoms with Crippen molar-refractivity contribution in [2.24, 2.45) is 0 Å². The van der Waals surface area contributed by atoms with E-state index in [1.54, 1.807) is 19.0 Å². The standard InChI is InChI=1S/C14H16F3NO2/c1-18(2)9-4-5-10(14(15,16)17)11(8-9)13(12(19)20)6-3-7-13/h4-5,8H,3,6-7H2,1-2H3,(H,19,20). The van der Waals surface area contributed by atoms with Crippen molar-refractivity contribution in [3.8, 4) is 0 Å². The quantitative estimate of drug-likeness (QED) is 0.927. The van der Waals surface area contributed by atoms with Crippen LogP contribution in [0.15, 0.2) is 18.2 Å². The first-order chi connectivity index (χ1) is 9.18. The first-order valence-electron chi connectivity index (χ1n) is 6.31. The summed E-state index contributed by atoms with van der Waals surface area (Å²) in [6.45, 7) is 0. The topological polar surface area (TPSA) is 40.5 Å². The lowest BCUT2D eigenvalue weighted by molar-refractivity contribution is -0.149. The van der Waals surface area contributed by atoms with E-state index in [0.29, 0.717) is 12.1 Å². The van der Waals surface area contributed by atoms with Gasteiger partial charge in [-0.15, -0.1) is 0 Å². The van der Waals surface area contributed by atoms with Crippen molar-refractivity contribution in [2.45, 2.75) is 30.9 Å². The number of rotatable bonds is 3. The van der Waals surface area contributed by atoms with Gasteiger partial charge in [0.1, 0.15) is 0 Å². The number of nitrogens with zero attached hydrogens (tertiary/aromatic N) is 1. The van der Waals surface area contributed by atoms with Crippen molar-refractivity contribution in [3.05, 3.63) is 29.3 Å². The monoisotopic (exact) mass is 287 g/mol. The molecule has 0 heterocycles. The van der Waals surface area contributed by atoms with Crippen LogP contribution in [0.4, 0.5) is 18.9 Å². The molecule has 0 spiro atoms. The number of carboxylic acids is 1. The summed E-state index contributed by atoms with van der Waals surface area (Å²) >= 11 is 0. The van der Waals surface area contributed by atoms with Gasteiger partial charge in [0.25, 0.3) is 0 Å². The van der Waals surface area contributed by atoms with E-state index in [0.717, 1.165) is 6.07 Å². The molecule has 3 nitrogen and oxygen atoms in total. The number of hydrogen-bond acceptors (Lipinski definition) is 2. The van der Waals surface area contributed by atoms with Crippen molar-refractivity contribution in [2.75, 3.05) is 19.0 Å². The van der Waals surface area contributed by atoms with Crippen LogP contribution in [-0.2, 0) is 16.4 Å². The Hall–Kier alpha value is -1.72. The molecule has 1 aliphatic rings. The number of aliphatic carboxylic acids is 1. The Bertz CT molecular complexity index is 534. The van der Waals surface area contributed by atoms with Gasteiger partial charge in [-0.3, -0.25) is 4.79 Å². The fourth-order valence-corrected chi connectivity index (χ4v) is 2.58. The molecule has 0 unspecified atom stereocenters. The Morgan fingerprint density at radius 3 is 2.25 bits per heavy atom. The third-order valence-electron chi connectivity index (χ3n) is 3.96. The van der Waals surface area contributed by atoms with Crippen LogP contribution in [-0.4, -0.2) is 25.2 Å². The average molecular weight is 287 g/mol. The maximum absolute atomic E-state index is 13.1. The molecular weight excluding hydrogens is 271 g/mol. The Morgan fingerprint density at radius 2 is 1.90 bits per heavy atom. The first-order valence-corrected chi connectivity index (χ1v) is 6.31. The number of halogens is 3. The molecule has 0 atom stereocenters. The van der Waals surface area contributed by atoms with Crippen LogP contribution < -0.4 is 4.90 Å². The zero-order valence-corrected chi connectivity index (χ0v) is 11.3. The smallest absolute Gasteiger partial charge is 0.416 e. The molecule has 1 aromatic rings. The van der Waals surface area contributed by atoms with E-state index in [2.05, 4.69) is 0 Å². The van der Waals surface area contributed by atoms with Crippen molar-refractivity contribution in [3.63, 3.8) is 0 Å². The van der Waals surface area contributed by atoms with Crippen LogP contribution in [0.1, 0.15) is 30.4 Å². The normalized spacial score (nSPS) is 17.4. The molecule has 1 aliphatic carbocycles. The van der Waals surface area contributed by atoms with E-state index < -0.39 is 23.1 Å². The Balaban J connectivity index is 2.64. The van der Waals surface area contributed by atoms with E-state index in [1.807, 2.05) is 0 Å². The molecule has 1 N–H and O–H groups in total. The van der Waals surface area contributed by atoms with Crippen LogP contribution in [0.5, 0.6) is 0 Å². The summed E-state index contributed by atoms with van der Waals surface area (Å²) in [5.74, 6) is -1.18. The predicted octanol–water partition coefficient (Wildman–Crippen LogP) is 3.28. The van der Waals surface area contributed by atoms with Gasteiger partial charge in [-0.2, -0.15) is 13.2 Å². The molecule has 0 saturated heterocycles. The van der Waals surface area contributed by atoms with Crippen molar-refractivity contribution >= 4 is 11.7 Å². The van der Waals surface area contributed by atoms with Gasteiger partial charge in [-0.25, -0.2) is 0 Å². The molecule has 0 aromatic heterocycles. The number of alkyl halides is 3. The summed E-state index contributed by atoms with van der Waals surface area (Å²) in [5, 5.41) is 9.38. The van der Waals surface area contributed by atoms with Gasteiger partial charge < -0.3 is 10.0 Å². The fourth-order valence-electron chi connectivity index (χ4n) is 2.58. The summed E-state index contributed by atoms with van der Waals surface area (Å²) in [4.78, 5) is 13.1. The molecule has 1 saturated carbocycles. The first kappa shape index (κ1) is 14.7. The third-order valence-corrected chi connectivity index (χ3v) is 3.96. The van der Waals surface area contributed by atoms with Gasteiger partial charge in [-0.1, -0.05) is 6.42 Å². The summed E-state index contributed by atoms with van der Waals surface area (Å²) in [7, 11) is 3.42. The lowest BCUT2D eigenvalue weighted by Crippen LogP contribution is -2.43. The number of carboxylic acid groups (broad SMARTS) is 1. The fraction of sp³-hybridized carbons (Fsp3) is 0.500. The lowest BCUT2D eigenvalue weighted by Gasteiger charge is -2.40. The van der Waals surface area contributed by atoms with Crippen molar-refractivity contribution < 1.29 is 23.1 Å². The van der Waals surface area contributed by atoms with Crippen LogP contribution in [0.25, 0.3) is 0 Å². The van der Waals surface area contributed by atoms with Crippen LogP contribution >= 0.6 is 0 Å². The maximum Gasteiger partial charge on any atom is 0.416 e. The van der Waals surface area contributed by atoms with Gasteiger partial charge in [0.15, 0.2) is 0 Å². The number of anilines is 1. The molecule has 1 fully saturated rings. The zero-order valence-electron chi connectivity index (χ0n) is 11.3. The van der Waals surface area contributed by atoms with E-state index in [-0.39, 0.29) is 18.4 Å². The second kappa shape index (κ2) is 4.68. The number of hydrogen-bond donors (Lipinski definition) is 1. The molecule has 0 aliphatic heterocycles. The highest BCUT2D eigenvalue weighted by Crippen LogP contribution is 2.49. The largest absolute Gasteiger partial charge is 0.481 e. The Kier molecular flexibility index (Phi) is 3.44. The summed E-state index contributed by atoms with van der Waals surface area (Å²) in [6, 6.07) is 3.70. The molecular formula is C14H16F3NO2. The number of benzene rings is 1. The minimum atomic E-state index is -4.54. The minimum Gasteiger partial charge on any atom is -0.481 e. The third kappa shape index (κ3) is 2.23. The van der Waals surface area contributed by atoms with E-state index in [4.69, 9.17) is 0 Å². The molecule has 110 valence electrons. The van der Waals surface area contributed by atoms with Crippen LogP contribution in [0.3, 0.4) is 0 Å². The molecule has 0 radical (unpaired) electrons. The second-order valence-electron chi connectivity index (χ2n) is 5.36. The van der Waals surface area contributed by atoms with Gasteiger partial charge in [0.05, 0.1) is 11.0 Å². The summed E-state index contributed by atoms with van der Waals surface area (Å²) in [6.07, 6.45) is -3.40. The van der Waals surface area contributed by atoms with Gasteiger partial charge in [-0.05, 0) is 36.6 Å². The molecule has 6 heteroatoms. The van der Waals surface area contributed by atoms with Gasteiger partial charge in [0.2, 0.25) is 0 Å². The zero-order chi connectivity index (χ0) is 15.1. The predicted molar refractivity (Wildman–Crippen MR) is 68.9 cm³/mol. The summed E-state index contributed by atoms with van der Waals surface area (Å²) in [5.41, 5.74) is -1.78. The van der Waals surface area contributed by atoms with Crippen molar-refractivity contribution in [1.29, 1.82) is 0 Å². The van der Waals surface area contributed by atoms with Gasteiger partial charge >= 0.3 is 12.1 Å². The van der Waals surface area contributed by atoms with E-state index >= 15 is 0 Å². The second-order valence-corrected chi connectivity index (χ2v) is 5.36. The van der Waals surface area contributed by atoms with Crippen molar-refractivity contribution in [1.82, 2.24) is 0 Å². The van der Waals surface area contributed by atoms with Gasteiger partial charge in [0, 0.05) is 19.8 Å². The summed E-state index contributed by atoms with van der Waals surface area (Å²) < 4.78 is 39.4. The highest BCUT2D eigenvalue weighted by atomic mass is 19.4.